The lowest BCUT2D eigenvalue weighted by Gasteiger charge is -2.53. The van der Waals surface area contributed by atoms with Gasteiger partial charge in [-0.05, 0) is 31.4 Å². The van der Waals surface area contributed by atoms with Crippen LogP contribution < -0.4 is 4.90 Å². The molecule has 0 spiro atoms. The lowest BCUT2D eigenvalue weighted by Crippen LogP contribution is -2.68. The van der Waals surface area contributed by atoms with Crippen molar-refractivity contribution in [3.05, 3.63) is 42.5 Å². The number of para-hydroxylation sites is 1. The zero-order valence-electron chi connectivity index (χ0n) is 16.2. The number of amides is 3. The minimum Gasteiger partial charge on any atom is -0.338 e. The summed E-state index contributed by atoms with van der Waals surface area (Å²) < 4.78 is 0. The Morgan fingerprint density at radius 3 is 2.30 bits per heavy atom. The molecule has 5 nitrogen and oxygen atoms in total. The Bertz CT molecular complexity index is 844. The Morgan fingerprint density at radius 1 is 0.963 bits per heavy atom. The molecule has 2 atom stereocenters. The van der Waals surface area contributed by atoms with E-state index >= 15 is 0 Å². The quantitative estimate of drug-likeness (QED) is 0.459. The van der Waals surface area contributed by atoms with Gasteiger partial charge < -0.3 is 4.90 Å². The van der Waals surface area contributed by atoms with Crippen molar-refractivity contribution in [2.24, 2.45) is 16.2 Å². The number of nitrogens with zero attached hydrogens (tertiary/aromatic N) is 2. The third-order valence-electron chi connectivity index (χ3n) is 7.41. The van der Waals surface area contributed by atoms with Crippen molar-refractivity contribution in [3.63, 3.8) is 0 Å². The van der Waals surface area contributed by atoms with Crippen molar-refractivity contribution in [3.8, 4) is 0 Å². The summed E-state index contributed by atoms with van der Waals surface area (Å²) in [5.41, 5.74) is -2.14. The van der Waals surface area contributed by atoms with E-state index in [1.54, 1.807) is 17.0 Å². The summed E-state index contributed by atoms with van der Waals surface area (Å²) >= 11 is 0. The van der Waals surface area contributed by atoms with Gasteiger partial charge in [0.25, 0.3) is 0 Å². The fourth-order valence-corrected chi connectivity index (χ4v) is 5.18. The molecule has 1 saturated heterocycles. The van der Waals surface area contributed by atoms with E-state index < -0.39 is 16.2 Å². The summed E-state index contributed by atoms with van der Waals surface area (Å²) in [7, 11) is 0. The van der Waals surface area contributed by atoms with Crippen LogP contribution in [0.25, 0.3) is 0 Å². The molecule has 3 amide bonds. The van der Waals surface area contributed by atoms with Gasteiger partial charge in [-0.15, -0.1) is 0 Å². The number of fused-ring (bicyclic) bond motifs is 2. The number of hydrogen-bond acceptors (Lipinski definition) is 3. The maximum atomic E-state index is 13.8. The molecule has 0 N–H and O–H groups in total. The highest BCUT2D eigenvalue weighted by atomic mass is 16.2. The van der Waals surface area contributed by atoms with Gasteiger partial charge in [-0.1, -0.05) is 51.1 Å². The number of anilines is 1. The molecule has 1 aliphatic carbocycles. The third kappa shape index (κ3) is 2.08. The maximum Gasteiger partial charge on any atom is 0.250 e. The van der Waals surface area contributed by atoms with Crippen LogP contribution in [0.15, 0.2) is 42.5 Å². The number of carbonyl (C=O) groups excluding carboxylic acids is 3. The molecule has 0 aromatic heterocycles. The number of rotatable bonds is 2. The van der Waals surface area contributed by atoms with Gasteiger partial charge in [0, 0.05) is 18.5 Å². The van der Waals surface area contributed by atoms with Crippen LogP contribution in [0, 0.1) is 16.2 Å². The smallest absolute Gasteiger partial charge is 0.250 e. The second kappa shape index (κ2) is 5.78. The Kier molecular flexibility index (Phi) is 3.85. The molecule has 4 rings (SSSR count). The Balaban J connectivity index is 1.86. The van der Waals surface area contributed by atoms with Crippen LogP contribution in [0.3, 0.4) is 0 Å². The standard InChI is InChI=1S/C22H26N2O3/c1-20(2)21(3)12-13-22(20,18(26)23-14-8-5-9-15-23)19(27)24(17(21)25)16-10-6-4-7-11-16/h4-8,10-11H,9,12-15H2,1-3H3/t21-,22-/m0/s1. The number of hydrogen-bond donors (Lipinski definition) is 0. The van der Waals surface area contributed by atoms with E-state index in [0.29, 0.717) is 31.6 Å². The van der Waals surface area contributed by atoms with Crippen LogP contribution in [-0.4, -0.2) is 35.7 Å². The van der Waals surface area contributed by atoms with Gasteiger partial charge in [-0.25, -0.2) is 4.90 Å². The predicted octanol–water partition coefficient (Wildman–Crippen LogP) is 3.16. The molecule has 1 aromatic carbocycles. The van der Waals surface area contributed by atoms with Crippen molar-refractivity contribution >= 4 is 23.4 Å². The maximum absolute atomic E-state index is 13.8. The van der Waals surface area contributed by atoms with Gasteiger partial charge in [0.1, 0.15) is 5.41 Å². The van der Waals surface area contributed by atoms with Crippen molar-refractivity contribution < 1.29 is 14.4 Å². The number of carbonyl (C=O) groups is 3. The first-order valence-electron chi connectivity index (χ1n) is 9.66. The van der Waals surface area contributed by atoms with Crippen molar-refractivity contribution in [2.75, 3.05) is 18.0 Å². The van der Waals surface area contributed by atoms with E-state index in [0.717, 1.165) is 6.42 Å². The summed E-state index contributed by atoms with van der Waals surface area (Å²) in [6.07, 6.45) is 5.81. The second-order valence-electron chi connectivity index (χ2n) is 8.65. The summed E-state index contributed by atoms with van der Waals surface area (Å²) in [5, 5.41) is 0. The van der Waals surface area contributed by atoms with Crippen LogP contribution in [0.2, 0.25) is 0 Å². The van der Waals surface area contributed by atoms with E-state index in [1.165, 1.54) is 4.90 Å². The minimum atomic E-state index is -1.20. The Hall–Kier alpha value is -2.43. The molecule has 27 heavy (non-hydrogen) atoms. The molecular formula is C22H26N2O3. The fourth-order valence-electron chi connectivity index (χ4n) is 5.18. The Labute approximate surface area is 160 Å². The highest BCUT2D eigenvalue weighted by molar-refractivity contribution is 6.27. The Morgan fingerprint density at radius 2 is 1.67 bits per heavy atom. The van der Waals surface area contributed by atoms with Crippen LogP contribution in [0.4, 0.5) is 5.69 Å². The van der Waals surface area contributed by atoms with E-state index in [4.69, 9.17) is 0 Å². The highest BCUT2D eigenvalue weighted by Gasteiger charge is 2.76. The zero-order valence-corrected chi connectivity index (χ0v) is 16.2. The molecule has 2 bridgehead atoms. The number of piperidine rings is 1. The zero-order chi connectivity index (χ0) is 19.4. The molecule has 5 heteroatoms. The fraction of sp³-hybridized carbons (Fsp3) is 0.500. The largest absolute Gasteiger partial charge is 0.338 e. The van der Waals surface area contributed by atoms with Crippen LogP contribution in [0.1, 0.15) is 40.0 Å². The molecule has 1 saturated carbocycles. The first-order valence-corrected chi connectivity index (χ1v) is 9.66. The lowest BCUT2D eigenvalue weighted by atomic mass is 9.54. The van der Waals surface area contributed by atoms with Crippen molar-refractivity contribution in [1.29, 1.82) is 0 Å². The summed E-state index contributed by atoms with van der Waals surface area (Å²) in [5.74, 6) is -0.680. The van der Waals surface area contributed by atoms with Crippen LogP contribution in [0.5, 0.6) is 0 Å². The normalized spacial score (nSPS) is 32.1. The van der Waals surface area contributed by atoms with Gasteiger partial charge >= 0.3 is 0 Å². The van der Waals surface area contributed by atoms with Gasteiger partial charge in [-0.2, -0.15) is 0 Å². The molecule has 0 radical (unpaired) electrons. The predicted molar refractivity (Wildman–Crippen MR) is 103 cm³/mol. The molecule has 142 valence electrons. The van der Waals surface area contributed by atoms with Gasteiger partial charge in [0.15, 0.2) is 0 Å². The molecular weight excluding hydrogens is 340 g/mol. The molecule has 3 aliphatic rings. The first kappa shape index (κ1) is 18.0. The van der Waals surface area contributed by atoms with E-state index in [-0.39, 0.29) is 17.7 Å². The van der Waals surface area contributed by atoms with Crippen LogP contribution in [-0.2, 0) is 14.4 Å². The monoisotopic (exact) mass is 366 g/mol. The SMILES string of the molecule is CC1(C)[C@]2(C(=O)N3CC=CCC3)CC[C@@]1(C)C(=O)N(c1ccccc1)C2=O. The summed E-state index contributed by atoms with van der Waals surface area (Å²) in [4.78, 5) is 44.0. The molecule has 0 unspecified atom stereocenters. The van der Waals surface area contributed by atoms with E-state index in [1.807, 2.05) is 45.0 Å². The van der Waals surface area contributed by atoms with E-state index in [2.05, 4.69) is 6.08 Å². The van der Waals surface area contributed by atoms with Gasteiger partial charge in [-0.3, -0.25) is 14.4 Å². The lowest BCUT2D eigenvalue weighted by molar-refractivity contribution is -0.167. The average molecular weight is 366 g/mol. The topological polar surface area (TPSA) is 57.7 Å². The number of imide groups is 1. The summed E-state index contributed by atoms with van der Waals surface area (Å²) in [6.45, 7) is 6.92. The van der Waals surface area contributed by atoms with Crippen LogP contribution >= 0.6 is 0 Å². The second-order valence-corrected chi connectivity index (χ2v) is 8.65. The molecule has 2 fully saturated rings. The first-order chi connectivity index (χ1) is 12.8. The van der Waals surface area contributed by atoms with E-state index in [9.17, 15) is 14.4 Å². The molecule has 2 heterocycles. The number of benzene rings is 1. The highest BCUT2D eigenvalue weighted by Crippen LogP contribution is 2.67. The van der Waals surface area contributed by atoms with Crippen molar-refractivity contribution in [1.82, 2.24) is 4.90 Å². The third-order valence-corrected chi connectivity index (χ3v) is 7.41. The summed E-state index contributed by atoms with van der Waals surface area (Å²) in [6, 6.07) is 8.99. The van der Waals surface area contributed by atoms with Gasteiger partial charge in [0.05, 0.1) is 11.1 Å². The molecule has 1 aromatic rings. The molecule has 2 aliphatic heterocycles. The van der Waals surface area contributed by atoms with Gasteiger partial charge in [0.2, 0.25) is 17.7 Å². The van der Waals surface area contributed by atoms with Crippen molar-refractivity contribution in [2.45, 2.75) is 40.0 Å². The minimum absolute atomic E-state index is 0.126. The average Bonchev–Trinajstić information content (AvgIpc) is 2.84.